The monoisotopic (exact) mass is 343 g/mol. The molecular weight excluding hydrogens is 322 g/mol. The lowest BCUT2D eigenvalue weighted by Gasteiger charge is -2.32. The summed E-state index contributed by atoms with van der Waals surface area (Å²) >= 11 is 0. The van der Waals surface area contributed by atoms with E-state index in [1.54, 1.807) is 17.2 Å². The molecule has 0 radical (unpaired) electrons. The Morgan fingerprint density at radius 1 is 1.36 bits per heavy atom. The van der Waals surface area contributed by atoms with Crippen LogP contribution in [0.4, 0.5) is 0 Å². The molecule has 2 N–H and O–H groups in total. The number of aryl methyl sites for hydroxylation is 1. The second-order valence-electron chi connectivity index (χ2n) is 6.25. The van der Waals surface area contributed by atoms with Crippen LogP contribution in [-0.2, 0) is 16.0 Å². The third-order valence-electron chi connectivity index (χ3n) is 4.28. The lowest BCUT2D eigenvalue weighted by atomic mass is 9.94. The first kappa shape index (κ1) is 17.1. The fourth-order valence-corrected chi connectivity index (χ4v) is 3.07. The summed E-state index contributed by atoms with van der Waals surface area (Å²) in [5, 5.41) is 3.90. The standard InChI is InChI=1S/C17H21N5O3/c18-14(23)10-12-4-3-9-22(11-12)16(24)7-6-15-20-17(21-25-15)13-5-1-2-8-19-13/h1-2,5,8,12H,3-4,6-7,9-11H2,(H2,18,23). The van der Waals surface area contributed by atoms with Crippen molar-refractivity contribution in [3.8, 4) is 11.5 Å². The molecule has 3 heterocycles. The molecule has 0 saturated carbocycles. The summed E-state index contributed by atoms with van der Waals surface area (Å²) in [6.07, 6.45) is 4.51. The zero-order chi connectivity index (χ0) is 17.6. The molecule has 0 aliphatic carbocycles. The number of piperidine rings is 1. The molecule has 0 bridgehead atoms. The van der Waals surface area contributed by atoms with Crippen molar-refractivity contribution >= 4 is 11.8 Å². The van der Waals surface area contributed by atoms with E-state index < -0.39 is 0 Å². The van der Waals surface area contributed by atoms with Crippen molar-refractivity contribution in [1.29, 1.82) is 0 Å². The van der Waals surface area contributed by atoms with Crippen LogP contribution in [0.2, 0.25) is 0 Å². The molecule has 3 rings (SSSR count). The Labute approximate surface area is 145 Å². The van der Waals surface area contributed by atoms with Crippen molar-refractivity contribution in [3.63, 3.8) is 0 Å². The first-order valence-corrected chi connectivity index (χ1v) is 8.42. The number of nitrogens with two attached hydrogens (primary N) is 1. The highest BCUT2D eigenvalue weighted by Gasteiger charge is 2.25. The summed E-state index contributed by atoms with van der Waals surface area (Å²) in [5.41, 5.74) is 5.89. The van der Waals surface area contributed by atoms with Gasteiger partial charge in [-0.15, -0.1) is 0 Å². The lowest BCUT2D eigenvalue weighted by molar-refractivity contribution is -0.134. The Hall–Kier alpha value is -2.77. The SMILES string of the molecule is NC(=O)CC1CCCN(C(=O)CCc2nc(-c3ccccn3)no2)C1. The van der Waals surface area contributed by atoms with Crippen LogP contribution in [-0.4, -0.2) is 44.9 Å². The number of pyridine rings is 1. The van der Waals surface area contributed by atoms with Gasteiger partial charge in [-0.25, -0.2) is 0 Å². The average Bonchev–Trinajstić information content (AvgIpc) is 3.09. The quantitative estimate of drug-likeness (QED) is 0.842. The van der Waals surface area contributed by atoms with Crippen molar-refractivity contribution in [1.82, 2.24) is 20.0 Å². The highest BCUT2D eigenvalue weighted by atomic mass is 16.5. The zero-order valence-corrected chi connectivity index (χ0v) is 13.9. The van der Waals surface area contributed by atoms with E-state index in [9.17, 15) is 9.59 Å². The summed E-state index contributed by atoms with van der Waals surface area (Å²) in [6, 6.07) is 5.46. The van der Waals surface area contributed by atoms with E-state index in [-0.39, 0.29) is 17.7 Å². The smallest absolute Gasteiger partial charge is 0.227 e. The molecule has 0 aromatic carbocycles. The van der Waals surface area contributed by atoms with Gasteiger partial charge in [0.2, 0.25) is 23.5 Å². The van der Waals surface area contributed by atoms with E-state index in [0.29, 0.717) is 43.2 Å². The van der Waals surface area contributed by atoms with Gasteiger partial charge in [-0.05, 0) is 30.9 Å². The molecular formula is C17H21N5O3. The van der Waals surface area contributed by atoms with Gasteiger partial charge in [0.05, 0.1) is 0 Å². The summed E-state index contributed by atoms with van der Waals surface area (Å²) < 4.78 is 5.20. The molecule has 2 aromatic heterocycles. The molecule has 1 aliphatic rings. The highest BCUT2D eigenvalue weighted by molar-refractivity contribution is 5.77. The Bertz CT molecular complexity index is 731. The van der Waals surface area contributed by atoms with Gasteiger partial charge in [-0.3, -0.25) is 14.6 Å². The minimum Gasteiger partial charge on any atom is -0.370 e. The third kappa shape index (κ3) is 4.62. The molecule has 1 atom stereocenters. The van der Waals surface area contributed by atoms with Crippen LogP contribution >= 0.6 is 0 Å². The molecule has 1 aliphatic heterocycles. The molecule has 25 heavy (non-hydrogen) atoms. The van der Waals surface area contributed by atoms with Gasteiger partial charge in [-0.1, -0.05) is 11.2 Å². The van der Waals surface area contributed by atoms with Gasteiger partial charge >= 0.3 is 0 Å². The van der Waals surface area contributed by atoms with Crippen molar-refractivity contribution in [2.75, 3.05) is 13.1 Å². The summed E-state index contributed by atoms with van der Waals surface area (Å²) in [5.74, 6) is 0.718. The second-order valence-corrected chi connectivity index (χ2v) is 6.25. The van der Waals surface area contributed by atoms with Gasteiger partial charge in [0.1, 0.15) is 5.69 Å². The molecule has 1 unspecified atom stereocenters. The number of likely N-dealkylation sites (tertiary alicyclic amines) is 1. The minimum atomic E-state index is -0.313. The van der Waals surface area contributed by atoms with E-state index in [4.69, 9.17) is 10.3 Å². The minimum absolute atomic E-state index is 0.0340. The van der Waals surface area contributed by atoms with E-state index in [0.717, 1.165) is 19.4 Å². The molecule has 8 nitrogen and oxygen atoms in total. The maximum absolute atomic E-state index is 12.4. The summed E-state index contributed by atoms with van der Waals surface area (Å²) in [4.78, 5) is 33.7. The number of carbonyl (C=O) groups excluding carboxylic acids is 2. The number of carbonyl (C=O) groups is 2. The predicted octanol–water partition coefficient (Wildman–Crippen LogP) is 1.18. The third-order valence-corrected chi connectivity index (χ3v) is 4.28. The van der Waals surface area contributed by atoms with Gasteiger partial charge in [0, 0.05) is 38.5 Å². The van der Waals surface area contributed by atoms with E-state index in [1.807, 2.05) is 12.1 Å². The predicted molar refractivity (Wildman–Crippen MR) is 89.0 cm³/mol. The molecule has 8 heteroatoms. The van der Waals surface area contributed by atoms with E-state index in [1.165, 1.54) is 0 Å². The zero-order valence-electron chi connectivity index (χ0n) is 13.9. The van der Waals surface area contributed by atoms with Crippen LogP contribution in [0.5, 0.6) is 0 Å². The van der Waals surface area contributed by atoms with Crippen LogP contribution < -0.4 is 5.73 Å². The normalized spacial score (nSPS) is 17.4. The Kier molecular flexibility index (Phi) is 5.37. The highest BCUT2D eigenvalue weighted by Crippen LogP contribution is 2.20. The number of primary amides is 1. The van der Waals surface area contributed by atoms with E-state index in [2.05, 4.69) is 15.1 Å². The first-order chi connectivity index (χ1) is 12.1. The Balaban J connectivity index is 1.52. The second kappa shape index (κ2) is 7.87. The van der Waals surface area contributed by atoms with Gasteiger partial charge in [0.15, 0.2) is 0 Å². The van der Waals surface area contributed by atoms with Gasteiger partial charge in [0.25, 0.3) is 0 Å². The fourth-order valence-electron chi connectivity index (χ4n) is 3.07. The lowest BCUT2D eigenvalue weighted by Crippen LogP contribution is -2.41. The van der Waals surface area contributed by atoms with Gasteiger partial charge < -0.3 is 15.2 Å². The number of hydrogen-bond donors (Lipinski definition) is 1. The fraction of sp³-hybridized carbons (Fsp3) is 0.471. The van der Waals surface area contributed by atoms with Crippen LogP contribution in [0.25, 0.3) is 11.5 Å². The van der Waals surface area contributed by atoms with Crippen LogP contribution in [0.15, 0.2) is 28.9 Å². The number of amides is 2. The average molecular weight is 343 g/mol. The van der Waals surface area contributed by atoms with Crippen LogP contribution in [0.1, 0.15) is 31.6 Å². The maximum Gasteiger partial charge on any atom is 0.227 e. The van der Waals surface area contributed by atoms with Crippen LogP contribution in [0, 0.1) is 5.92 Å². The number of nitrogens with zero attached hydrogens (tertiary/aromatic N) is 4. The van der Waals surface area contributed by atoms with Crippen molar-refractivity contribution in [2.24, 2.45) is 11.7 Å². The largest absolute Gasteiger partial charge is 0.370 e. The number of hydrogen-bond acceptors (Lipinski definition) is 6. The molecule has 132 valence electrons. The first-order valence-electron chi connectivity index (χ1n) is 8.42. The number of aromatic nitrogens is 3. The molecule has 2 amide bonds. The maximum atomic E-state index is 12.4. The molecule has 2 aromatic rings. The summed E-state index contributed by atoms with van der Waals surface area (Å²) in [7, 11) is 0. The molecule has 1 saturated heterocycles. The topological polar surface area (TPSA) is 115 Å². The van der Waals surface area contributed by atoms with Crippen molar-refractivity contribution < 1.29 is 14.1 Å². The van der Waals surface area contributed by atoms with E-state index >= 15 is 0 Å². The van der Waals surface area contributed by atoms with Crippen LogP contribution in [0.3, 0.4) is 0 Å². The molecule has 1 fully saturated rings. The Morgan fingerprint density at radius 2 is 2.24 bits per heavy atom. The summed E-state index contributed by atoms with van der Waals surface area (Å²) in [6.45, 7) is 1.31. The van der Waals surface area contributed by atoms with Crippen molar-refractivity contribution in [2.45, 2.75) is 32.1 Å². The Morgan fingerprint density at radius 3 is 3.00 bits per heavy atom. The van der Waals surface area contributed by atoms with Crippen molar-refractivity contribution in [3.05, 3.63) is 30.3 Å². The van der Waals surface area contributed by atoms with Gasteiger partial charge in [-0.2, -0.15) is 4.98 Å². The molecule has 0 spiro atoms. The number of rotatable bonds is 6.